The van der Waals surface area contributed by atoms with Gasteiger partial charge in [-0.25, -0.2) is 4.98 Å². The Kier molecular flexibility index (Phi) is 3.57. The summed E-state index contributed by atoms with van der Waals surface area (Å²) >= 11 is 8.08. The Labute approximate surface area is 128 Å². The molecule has 2 aromatic heterocycles. The summed E-state index contributed by atoms with van der Waals surface area (Å²) in [5, 5.41) is 4.19. The molecule has 2 unspecified atom stereocenters. The van der Waals surface area contributed by atoms with Gasteiger partial charge in [-0.2, -0.15) is 11.3 Å². The van der Waals surface area contributed by atoms with Crippen LogP contribution >= 0.6 is 22.9 Å². The molecule has 2 atom stereocenters. The lowest BCUT2D eigenvalue weighted by Crippen LogP contribution is -2.10. The number of rotatable bonds is 3. The third-order valence-electron chi connectivity index (χ3n) is 3.72. The first kappa shape index (κ1) is 13.7. The summed E-state index contributed by atoms with van der Waals surface area (Å²) in [6.07, 6.45) is 0. The summed E-state index contributed by atoms with van der Waals surface area (Å²) in [4.78, 5) is 4.78. The van der Waals surface area contributed by atoms with Crippen LogP contribution < -0.4 is 0 Å². The van der Waals surface area contributed by atoms with Gasteiger partial charge in [0.15, 0.2) is 0 Å². The van der Waals surface area contributed by atoms with E-state index in [2.05, 4.69) is 53.4 Å². The summed E-state index contributed by atoms with van der Waals surface area (Å²) in [5.74, 6) is 0.940. The maximum atomic E-state index is 6.36. The molecule has 0 aliphatic rings. The molecule has 20 heavy (non-hydrogen) atoms. The van der Waals surface area contributed by atoms with Crippen LogP contribution in [0.1, 0.15) is 42.2 Å². The van der Waals surface area contributed by atoms with Crippen LogP contribution in [-0.4, -0.2) is 9.55 Å². The molecule has 0 spiro atoms. The predicted molar refractivity (Wildman–Crippen MR) is 86.9 cm³/mol. The van der Waals surface area contributed by atoms with Crippen LogP contribution in [0.5, 0.6) is 0 Å². The highest BCUT2D eigenvalue weighted by molar-refractivity contribution is 7.07. The molecule has 0 bridgehead atoms. The van der Waals surface area contributed by atoms with E-state index >= 15 is 0 Å². The van der Waals surface area contributed by atoms with Crippen molar-refractivity contribution >= 4 is 34.0 Å². The molecule has 104 valence electrons. The fraction of sp³-hybridized carbons (Fsp3) is 0.312. The van der Waals surface area contributed by atoms with E-state index in [1.165, 1.54) is 11.1 Å². The fourth-order valence-corrected chi connectivity index (χ4v) is 3.53. The molecule has 0 aliphatic carbocycles. The molecule has 3 rings (SSSR count). The van der Waals surface area contributed by atoms with Crippen molar-refractivity contribution in [1.82, 2.24) is 9.55 Å². The Bertz CT molecular complexity index is 728. The fourth-order valence-electron chi connectivity index (χ4n) is 2.62. The molecule has 0 saturated heterocycles. The van der Waals surface area contributed by atoms with Gasteiger partial charge in [0.25, 0.3) is 0 Å². The van der Waals surface area contributed by atoms with Gasteiger partial charge in [0.1, 0.15) is 5.82 Å². The lowest BCUT2D eigenvalue weighted by molar-refractivity contribution is 0.620. The van der Waals surface area contributed by atoms with E-state index in [0.717, 1.165) is 16.9 Å². The largest absolute Gasteiger partial charge is 0.319 e. The standard InChI is InChI=1S/C16H17ClN2S/c1-10-5-4-6-14-15(10)18-16(11(2)17)19(14)12(3)13-7-8-20-9-13/h4-9,11-12H,1-3H3. The summed E-state index contributed by atoms with van der Waals surface area (Å²) in [6.45, 7) is 6.28. The number of halogens is 1. The molecule has 0 radical (unpaired) electrons. The van der Waals surface area contributed by atoms with Gasteiger partial charge in [0, 0.05) is 0 Å². The molecule has 1 aromatic carbocycles. The monoisotopic (exact) mass is 304 g/mol. The molecule has 2 heterocycles. The molecule has 3 aromatic rings. The van der Waals surface area contributed by atoms with Gasteiger partial charge >= 0.3 is 0 Å². The molecule has 0 fully saturated rings. The zero-order valence-electron chi connectivity index (χ0n) is 11.8. The van der Waals surface area contributed by atoms with Gasteiger partial charge in [-0.15, -0.1) is 11.6 Å². The summed E-state index contributed by atoms with van der Waals surface area (Å²) in [6, 6.07) is 8.71. The Balaban J connectivity index is 2.27. The third kappa shape index (κ3) is 2.15. The van der Waals surface area contributed by atoms with Crippen molar-refractivity contribution < 1.29 is 0 Å². The van der Waals surface area contributed by atoms with Crippen molar-refractivity contribution in [3.8, 4) is 0 Å². The Morgan fingerprint density at radius 3 is 2.70 bits per heavy atom. The Hall–Kier alpha value is -1.32. The van der Waals surface area contributed by atoms with Gasteiger partial charge in [0.05, 0.1) is 22.5 Å². The number of aromatic nitrogens is 2. The third-order valence-corrected chi connectivity index (χ3v) is 4.61. The van der Waals surface area contributed by atoms with Crippen molar-refractivity contribution in [2.45, 2.75) is 32.2 Å². The molecular formula is C16H17ClN2S. The first-order valence-electron chi connectivity index (χ1n) is 6.73. The number of hydrogen-bond donors (Lipinski definition) is 0. The highest BCUT2D eigenvalue weighted by Gasteiger charge is 2.20. The van der Waals surface area contributed by atoms with Crippen molar-refractivity contribution in [1.29, 1.82) is 0 Å². The number of nitrogens with zero attached hydrogens (tertiary/aromatic N) is 2. The molecule has 0 saturated carbocycles. The molecule has 4 heteroatoms. The predicted octanol–water partition coefficient (Wildman–Crippen LogP) is 5.32. The SMILES string of the molecule is Cc1cccc2c1nc(C(C)Cl)n2C(C)c1ccsc1. The molecule has 0 aliphatic heterocycles. The average Bonchev–Trinajstić information content (AvgIpc) is 3.06. The van der Waals surface area contributed by atoms with Crippen molar-refractivity contribution in [2.75, 3.05) is 0 Å². The minimum Gasteiger partial charge on any atom is -0.319 e. The smallest absolute Gasteiger partial charge is 0.128 e. The van der Waals surface area contributed by atoms with E-state index < -0.39 is 0 Å². The van der Waals surface area contributed by atoms with E-state index in [0.29, 0.717) is 0 Å². The van der Waals surface area contributed by atoms with Crippen molar-refractivity contribution in [3.05, 3.63) is 52.0 Å². The first-order chi connectivity index (χ1) is 9.59. The van der Waals surface area contributed by atoms with E-state index in [1.54, 1.807) is 11.3 Å². The second kappa shape index (κ2) is 5.23. The minimum atomic E-state index is -0.108. The van der Waals surface area contributed by atoms with Crippen molar-refractivity contribution in [3.63, 3.8) is 0 Å². The van der Waals surface area contributed by atoms with E-state index in [1.807, 2.05) is 6.92 Å². The summed E-state index contributed by atoms with van der Waals surface area (Å²) in [7, 11) is 0. The Morgan fingerprint density at radius 1 is 1.25 bits per heavy atom. The quantitative estimate of drug-likeness (QED) is 0.599. The zero-order chi connectivity index (χ0) is 14.3. The number of aryl methyl sites for hydroxylation is 1. The molecule has 2 nitrogen and oxygen atoms in total. The Morgan fingerprint density at radius 2 is 2.05 bits per heavy atom. The highest BCUT2D eigenvalue weighted by atomic mass is 35.5. The van der Waals surface area contributed by atoms with Gasteiger partial charge < -0.3 is 4.57 Å². The zero-order valence-corrected chi connectivity index (χ0v) is 13.4. The van der Waals surface area contributed by atoms with Crippen LogP contribution in [0.15, 0.2) is 35.0 Å². The topological polar surface area (TPSA) is 17.8 Å². The number of para-hydroxylation sites is 1. The molecule has 0 amide bonds. The second-order valence-electron chi connectivity index (χ2n) is 5.13. The highest BCUT2D eigenvalue weighted by Crippen LogP contribution is 2.32. The summed E-state index contributed by atoms with van der Waals surface area (Å²) in [5.41, 5.74) is 4.70. The van der Waals surface area contributed by atoms with Gasteiger partial charge in [-0.05, 0) is 54.8 Å². The first-order valence-corrected chi connectivity index (χ1v) is 8.11. The van der Waals surface area contributed by atoms with Crippen LogP contribution in [0.4, 0.5) is 0 Å². The number of benzene rings is 1. The number of alkyl halides is 1. The van der Waals surface area contributed by atoms with Gasteiger partial charge in [-0.1, -0.05) is 12.1 Å². The summed E-state index contributed by atoms with van der Waals surface area (Å²) < 4.78 is 2.27. The number of imidazole rings is 1. The normalized spacial score (nSPS) is 14.6. The van der Waals surface area contributed by atoms with Crippen LogP contribution in [0, 0.1) is 6.92 Å². The molecule has 0 N–H and O–H groups in total. The van der Waals surface area contributed by atoms with Gasteiger partial charge in [-0.3, -0.25) is 0 Å². The number of fused-ring (bicyclic) bond motifs is 1. The molecular weight excluding hydrogens is 288 g/mol. The van der Waals surface area contributed by atoms with Crippen LogP contribution in [0.25, 0.3) is 11.0 Å². The van der Waals surface area contributed by atoms with E-state index in [9.17, 15) is 0 Å². The van der Waals surface area contributed by atoms with Gasteiger partial charge in [0.2, 0.25) is 0 Å². The number of hydrogen-bond acceptors (Lipinski definition) is 2. The minimum absolute atomic E-state index is 0.108. The van der Waals surface area contributed by atoms with Crippen molar-refractivity contribution in [2.24, 2.45) is 0 Å². The lowest BCUT2D eigenvalue weighted by Gasteiger charge is -2.17. The lowest BCUT2D eigenvalue weighted by atomic mass is 10.1. The van der Waals surface area contributed by atoms with E-state index in [4.69, 9.17) is 16.6 Å². The maximum Gasteiger partial charge on any atom is 0.128 e. The van der Waals surface area contributed by atoms with Crippen LogP contribution in [-0.2, 0) is 0 Å². The second-order valence-corrected chi connectivity index (χ2v) is 6.57. The van der Waals surface area contributed by atoms with Crippen LogP contribution in [0.3, 0.4) is 0 Å². The van der Waals surface area contributed by atoms with E-state index in [-0.39, 0.29) is 11.4 Å². The van der Waals surface area contributed by atoms with Crippen LogP contribution in [0.2, 0.25) is 0 Å². The number of thiophene rings is 1. The maximum absolute atomic E-state index is 6.36. The average molecular weight is 305 g/mol.